The molecule has 2 atom stereocenters. The van der Waals surface area contributed by atoms with Crippen LogP contribution in [0.3, 0.4) is 0 Å². The fourth-order valence-corrected chi connectivity index (χ4v) is 4.73. The average molecular weight is 582 g/mol. The molecule has 0 bridgehead atoms. The number of ether oxygens (including phenoxy) is 1. The molecule has 35 heavy (non-hydrogen) atoms. The number of nitrogens with one attached hydrogen (secondary N) is 2. The number of rotatable bonds is 8. The molecule has 5 rings (SSSR count). The molecule has 1 fully saturated rings. The first-order valence-electron chi connectivity index (χ1n) is 11.2. The van der Waals surface area contributed by atoms with Crippen LogP contribution in [0.2, 0.25) is 0 Å². The maximum absolute atomic E-state index is 13.6. The molecule has 1 aliphatic heterocycles. The van der Waals surface area contributed by atoms with E-state index < -0.39 is 18.1 Å². The van der Waals surface area contributed by atoms with Crippen molar-refractivity contribution < 1.29 is 19.4 Å². The van der Waals surface area contributed by atoms with Crippen molar-refractivity contribution >= 4 is 45.6 Å². The smallest absolute Gasteiger partial charge is 0.325 e. The normalized spacial score (nSPS) is 16.5. The topological polar surface area (TPSA) is 108 Å². The van der Waals surface area contributed by atoms with E-state index in [-0.39, 0.29) is 19.1 Å². The van der Waals surface area contributed by atoms with Crippen LogP contribution in [0.1, 0.15) is 29.0 Å². The number of nitrogens with zero attached hydrogens (tertiary/aromatic N) is 2. The summed E-state index contributed by atoms with van der Waals surface area (Å²) in [6.07, 6.45) is 0.428. The van der Waals surface area contributed by atoms with E-state index >= 15 is 0 Å². The number of fused-ring (bicyclic) bond motifs is 1. The first kappa shape index (κ1) is 23.3. The van der Waals surface area contributed by atoms with Crippen LogP contribution in [0.15, 0.2) is 72.8 Å². The Balaban J connectivity index is 1.48. The van der Waals surface area contributed by atoms with Crippen LogP contribution in [0.5, 0.6) is 5.75 Å². The van der Waals surface area contributed by atoms with Gasteiger partial charge < -0.3 is 20.1 Å². The number of carbonyl (C=O) groups excluding carboxylic acids is 2. The lowest BCUT2D eigenvalue weighted by molar-refractivity contribution is -0.129. The van der Waals surface area contributed by atoms with Crippen LogP contribution in [-0.2, 0) is 11.2 Å². The van der Waals surface area contributed by atoms with E-state index in [1.807, 2.05) is 48.5 Å². The number of amides is 3. The first-order valence-corrected chi connectivity index (χ1v) is 12.3. The maximum atomic E-state index is 13.6. The average Bonchev–Trinajstić information content (AvgIpc) is 3.42. The predicted octanol–water partition coefficient (Wildman–Crippen LogP) is 4.12. The molecule has 0 aliphatic carbocycles. The Hall–Kier alpha value is -3.44. The lowest BCUT2D eigenvalue weighted by Gasteiger charge is -2.24. The number of imidazole rings is 1. The number of imide groups is 1. The Morgan fingerprint density at radius 2 is 1.83 bits per heavy atom. The number of aromatic amines is 1. The van der Waals surface area contributed by atoms with E-state index in [4.69, 9.17) is 14.8 Å². The van der Waals surface area contributed by atoms with Gasteiger partial charge in [0.05, 0.1) is 17.6 Å². The highest BCUT2D eigenvalue weighted by molar-refractivity contribution is 14.1. The highest BCUT2D eigenvalue weighted by Crippen LogP contribution is 2.33. The van der Waals surface area contributed by atoms with Gasteiger partial charge in [-0.2, -0.15) is 0 Å². The Labute approximate surface area is 215 Å². The standard InChI is InChI=1S/C26H23IN4O4/c27-18-8-11-20-21(15-18)29-24(28-20)22(14-16-4-2-1-3-5-16)31-25(33)23(30-26(31)34)17-6-9-19(10-7-17)35-13-12-32/h1-11,15,22-23,32H,12-14H2,(H,28,29)(H,30,34)/t22-,23?/m0/s1. The maximum Gasteiger partial charge on any atom is 0.325 e. The van der Waals surface area contributed by atoms with Crippen molar-refractivity contribution in [2.24, 2.45) is 0 Å². The quantitative estimate of drug-likeness (QED) is 0.214. The van der Waals surface area contributed by atoms with E-state index in [1.165, 1.54) is 4.90 Å². The van der Waals surface area contributed by atoms with Crippen molar-refractivity contribution in [2.45, 2.75) is 18.5 Å². The third kappa shape index (κ3) is 4.87. The second-order valence-electron chi connectivity index (χ2n) is 8.22. The van der Waals surface area contributed by atoms with Gasteiger partial charge in [0.25, 0.3) is 5.91 Å². The minimum atomic E-state index is -0.807. The number of benzene rings is 3. The first-order chi connectivity index (χ1) is 17.0. The van der Waals surface area contributed by atoms with E-state index in [2.05, 4.69) is 32.9 Å². The van der Waals surface area contributed by atoms with Crippen LogP contribution in [-0.4, -0.2) is 45.1 Å². The zero-order chi connectivity index (χ0) is 24.4. The number of halogens is 1. The van der Waals surface area contributed by atoms with Crippen molar-refractivity contribution in [2.75, 3.05) is 13.2 Å². The highest BCUT2D eigenvalue weighted by Gasteiger charge is 2.44. The summed E-state index contributed by atoms with van der Waals surface area (Å²) in [5.41, 5.74) is 3.27. The molecule has 2 heterocycles. The van der Waals surface area contributed by atoms with Crippen molar-refractivity contribution in [1.29, 1.82) is 0 Å². The van der Waals surface area contributed by atoms with Gasteiger partial charge in [0, 0.05) is 9.99 Å². The summed E-state index contributed by atoms with van der Waals surface area (Å²) in [6, 6.07) is 20.7. The van der Waals surface area contributed by atoms with Crippen LogP contribution in [0.25, 0.3) is 11.0 Å². The van der Waals surface area contributed by atoms with Crippen LogP contribution in [0.4, 0.5) is 4.79 Å². The molecule has 4 aromatic rings. The van der Waals surface area contributed by atoms with Gasteiger partial charge in [-0.3, -0.25) is 9.69 Å². The molecular formula is C26H23IN4O4. The van der Waals surface area contributed by atoms with E-state index in [9.17, 15) is 9.59 Å². The van der Waals surface area contributed by atoms with Gasteiger partial charge in [0.1, 0.15) is 30.3 Å². The Bertz CT molecular complexity index is 1360. The molecular weight excluding hydrogens is 559 g/mol. The number of urea groups is 1. The summed E-state index contributed by atoms with van der Waals surface area (Å²) in [5, 5.41) is 11.8. The van der Waals surface area contributed by atoms with Crippen LogP contribution in [0, 0.1) is 3.57 Å². The van der Waals surface area contributed by atoms with Gasteiger partial charge in [-0.1, -0.05) is 42.5 Å². The summed E-state index contributed by atoms with van der Waals surface area (Å²) in [7, 11) is 0. The molecule has 3 amide bonds. The number of aliphatic hydroxyl groups is 1. The number of hydrogen-bond donors (Lipinski definition) is 3. The molecule has 0 spiro atoms. The zero-order valence-electron chi connectivity index (χ0n) is 18.6. The van der Waals surface area contributed by atoms with Gasteiger partial charge >= 0.3 is 6.03 Å². The summed E-state index contributed by atoms with van der Waals surface area (Å²) in [4.78, 5) is 36.1. The van der Waals surface area contributed by atoms with Gasteiger partial charge in [0.2, 0.25) is 0 Å². The number of carbonyl (C=O) groups is 2. The Morgan fingerprint density at radius 1 is 1.06 bits per heavy atom. The van der Waals surface area contributed by atoms with Crippen molar-refractivity contribution in [3.63, 3.8) is 0 Å². The van der Waals surface area contributed by atoms with Crippen molar-refractivity contribution in [3.8, 4) is 5.75 Å². The summed E-state index contributed by atoms with van der Waals surface area (Å²) in [6.45, 7) is 0.0988. The number of hydrogen-bond acceptors (Lipinski definition) is 5. The molecule has 9 heteroatoms. The molecule has 1 aromatic heterocycles. The van der Waals surface area contributed by atoms with E-state index in [1.54, 1.807) is 24.3 Å². The third-order valence-corrected chi connectivity index (χ3v) is 6.58. The predicted molar refractivity (Wildman–Crippen MR) is 139 cm³/mol. The highest BCUT2D eigenvalue weighted by atomic mass is 127. The number of aliphatic hydroxyl groups excluding tert-OH is 1. The molecule has 0 radical (unpaired) electrons. The molecule has 1 unspecified atom stereocenters. The lowest BCUT2D eigenvalue weighted by atomic mass is 10.0. The molecule has 1 saturated heterocycles. The molecule has 8 nitrogen and oxygen atoms in total. The largest absolute Gasteiger partial charge is 0.491 e. The van der Waals surface area contributed by atoms with Crippen LogP contribution >= 0.6 is 22.6 Å². The molecule has 3 aromatic carbocycles. The fraction of sp³-hybridized carbons (Fsp3) is 0.192. The second kappa shape index (κ2) is 10.0. The second-order valence-corrected chi connectivity index (χ2v) is 9.47. The molecule has 1 aliphatic rings. The van der Waals surface area contributed by atoms with E-state index in [0.29, 0.717) is 23.6 Å². The molecule has 3 N–H and O–H groups in total. The lowest BCUT2D eigenvalue weighted by Crippen LogP contribution is -2.36. The summed E-state index contributed by atoms with van der Waals surface area (Å²) >= 11 is 2.24. The van der Waals surface area contributed by atoms with Gasteiger partial charge in [-0.25, -0.2) is 9.78 Å². The minimum Gasteiger partial charge on any atom is -0.491 e. The third-order valence-electron chi connectivity index (χ3n) is 5.91. The molecule has 178 valence electrons. The number of aromatic nitrogens is 2. The monoisotopic (exact) mass is 582 g/mol. The fourth-order valence-electron chi connectivity index (χ4n) is 4.24. The summed E-state index contributed by atoms with van der Waals surface area (Å²) < 4.78 is 6.46. The SMILES string of the molecule is O=C1NC(c2ccc(OCCO)cc2)C(=O)N1[C@@H](Cc1ccccc1)c1nc2ccc(I)cc2[nH]1. The van der Waals surface area contributed by atoms with Crippen LogP contribution < -0.4 is 10.1 Å². The van der Waals surface area contributed by atoms with Gasteiger partial charge in [-0.05, 0) is 64.0 Å². The van der Waals surface area contributed by atoms with Crippen molar-refractivity contribution in [3.05, 3.63) is 93.3 Å². The van der Waals surface area contributed by atoms with Crippen molar-refractivity contribution in [1.82, 2.24) is 20.2 Å². The Morgan fingerprint density at radius 3 is 2.57 bits per heavy atom. The van der Waals surface area contributed by atoms with E-state index in [0.717, 1.165) is 20.2 Å². The van der Waals surface area contributed by atoms with Gasteiger partial charge in [0.15, 0.2) is 0 Å². The minimum absolute atomic E-state index is 0.0857. The number of H-pyrrole nitrogens is 1. The molecule has 0 saturated carbocycles. The van der Waals surface area contributed by atoms with Gasteiger partial charge in [-0.15, -0.1) is 0 Å². The Kier molecular flexibility index (Phi) is 6.69. The summed E-state index contributed by atoms with van der Waals surface area (Å²) in [5.74, 6) is 0.799. The zero-order valence-corrected chi connectivity index (χ0v) is 20.8.